The van der Waals surface area contributed by atoms with E-state index in [0.29, 0.717) is 22.3 Å². The molecule has 2 amide bonds. The second-order valence-corrected chi connectivity index (χ2v) is 5.91. The zero-order valence-electron chi connectivity index (χ0n) is 13.1. The fraction of sp³-hybridized carbons (Fsp3) is 0.235. The van der Waals surface area contributed by atoms with Gasteiger partial charge in [0.25, 0.3) is 11.8 Å². The first-order valence-corrected chi connectivity index (χ1v) is 8.28. The van der Waals surface area contributed by atoms with E-state index in [-0.39, 0.29) is 17.3 Å². The Kier molecular flexibility index (Phi) is 6.58. The number of carbonyl (C=O) groups is 2. The molecular weight excluding hydrogens is 349 g/mol. The van der Waals surface area contributed by atoms with Crippen LogP contribution in [0.1, 0.15) is 40.7 Å². The van der Waals surface area contributed by atoms with Crippen molar-refractivity contribution >= 4 is 40.7 Å². The maximum absolute atomic E-state index is 12.3. The Morgan fingerprint density at radius 2 is 1.75 bits per heavy atom. The summed E-state index contributed by atoms with van der Waals surface area (Å²) in [7, 11) is 0. The third-order valence-electron chi connectivity index (χ3n) is 3.21. The van der Waals surface area contributed by atoms with E-state index in [2.05, 4.69) is 15.6 Å². The summed E-state index contributed by atoms with van der Waals surface area (Å²) < 4.78 is 0. The Bertz CT molecular complexity index is 750. The van der Waals surface area contributed by atoms with Gasteiger partial charge in [0, 0.05) is 12.2 Å². The number of hydrogen-bond acceptors (Lipinski definition) is 3. The van der Waals surface area contributed by atoms with E-state index in [4.69, 9.17) is 23.2 Å². The highest BCUT2D eigenvalue weighted by atomic mass is 35.5. The topological polar surface area (TPSA) is 71.1 Å². The second kappa shape index (κ2) is 8.66. The van der Waals surface area contributed by atoms with Gasteiger partial charge in [0.2, 0.25) is 0 Å². The second-order valence-electron chi connectivity index (χ2n) is 5.10. The summed E-state index contributed by atoms with van der Waals surface area (Å²) in [5.41, 5.74) is 0.839. The van der Waals surface area contributed by atoms with Gasteiger partial charge in [-0.2, -0.15) is 0 Å². The number of rotatable bonds is 6. The highest BCUT2D eigenvalue weighted by Gasteiger charge is 2.12. The molecule has 2 aromatic rings. The normalized spacial score (nSPS) is 10.3. The Hall–Kier alpha value is -2.11. The highest BCUT2D eigenvalue weighted by molar-refractivity contribution is 6.42. The van der Waals surface area contributed by atoms with Crippen molar-refractivity contribution in [3.63, 3.8) is 0 Å². The van der Waals surface area contributed by atoms with E-state index in [1.54, 1.807) is 30.3 Å². The summed E-state index contributed by atoms with van der Waals surface area (Å²) in [5.74, 6) is -0.732. The molecule has 0 saturated heterocycles. The molecule has 7 heteroatoms. The summed E-state index contributed by atoms with van der Waals surface area (Å²) in [6.07, 6.45) is 1.88. The van der Waals surface area contributed by atoms with Gasteiger partial charge in [0.05, 0.1) is 10.0 Å². The zero-order chi connectivity index (χ0) is 17.5. The molecule has 2 rings (SSSR count). The van der Waals surface area contributed by atoms with Crippen LogP contribution in [0.5, 0.6) is 0 Å². The van der Waals surface area contributed by atoms with E-state index < -0.39 is 5.91 Å². The molecule has 0 aliphatic carbocycles. The summed E-state index contributed by atoms with van der Waals surface area (Å²) in [4.78, 5) is 28.4. The predicted molar refractivity (Wildman–Crippen MR) is 95.9 cm³/mol. The highest BCUT2D eigenvalue weighted by Crippen LogP contribution is 2.25. The van der Waals surface area contributed by atoms with Gasteiger partial charge in [-0.05, 0) is 36.8 Å². The van der Waals surface area contributed by atoms with Crippen molar-refractivity contribution in [3.05, 3.63) is 57.8 Å². The van der Waals surface area contributed by atoms with Crippen molar-refractivity contribution in [2.45, 2.75) is 19.8 Å². The monoisotopic (exact) mass is 365 g/mol. The van der Waals surface area contributed by atoms with Crippen molar-refractivity contribution in [1.82, 2.24) is 10.3 Å². The van der Waals surface area contributed by atoms with Crippen LogP contribution >= 0.6 is 23.2 Å². The Balaban J connectivity index is 2.08. The van der Waals surface area contributed by atoms with Crippen LogP contribution in [0.25, 0.3) is 0 Å². The molecule has 0 bridgehead atoms. The van der Waals surface area contributed by atoms with Gasteiger partial charge in [-0.1, -0.05) is 42.6 Å². The van der Waals surface area contributed by atoms with E-state index in [1.165, 1.54) is 6.07 Å². The summed E-state index contributed by atoms with van der Waals surface area (Å²) in [6.45, 7) is 2.62. The Morgan fingerprint density at radius 3 is 2.42 bits per heavy atom. The van der Waals surface area contributed by atoms with Gasteiger partial charge in [-0.15, -0.1) is 0 Å². The van der Waals surface area contributed by atoms with E-state index >= 15 is 0 Å². The molecule has 0 spiro atoms. The third-order valence-corrected chi connectivity index (χ3v) is 3.95. The molecule has 0 aliphatic rings. The first-order valence-electron chi connectivity index (χ1n) is 7.53. The number of aromatic nitrogens is 1. The molecule has 0 radical (unpaired) electrons. The molecule has 24 heavy (non-hydrogen) atoms. The van der Waals surface area contributed by atoms with Gasteiger partial charge >= 0.3 is 0 Å². The third kappa shape index (κ3) is 4.94. The maximum Gasteiger partial charge on any atom is 0.274 e. The van der Waals surface area contributed by atoms with Crippen LogP contribution in [-0.4, -0.2) is 23.3 Å². The average Bonchev–Trinajstić information content (AvgIpc) is 2.58. The molecular formula is C17H17Cl2N3O2. The fourth-order valence-electron chi connectivity index (χ4n) is 1.93. The molecule has 0 fully saturated rings. The number of nitrogens with one attached hydrogen (secondary N) is 2. The zero-order valence-corrected chi connectivity index (χ0v) is 14.6. The maximum atomic E-state index is 12.3. The molecule has 126 valence electrons. The number of pyridine rings is 1. The molecule has 2 N–H and O–H groups in total. The number of unbranched alkanes of at least 4 members (excludes halogenated alkanes) is 1. The van der Waals surface area contributed by atoms with Crippen molar-refractivity contribution in [1.29, 1.82) is 0 Å². The van der Waals surface area contributed by atoms with Gasteiger partial charge in [0.15, 0.2) is 0 Å². The molecule has 0 saturated carbocycles. The molecule has 0 aliphatic heterocycles. The number of halogens is 2. The Labute approximate surface area is 150 Å². The van der Waals surface area contributed by atoms with Crippen molar-refractivity contribution in [2.75, 3.05) is 11.9 Å². The van der Waals surface area contributed by atoms with E-state index in [0.717, 1.165) is 12.8 Å². The van der Waals surface area contributed by atoms with Crippen molar-refractivity contribution in [2.24, 2.45) is 0 Å². The van der Waals surface area contributed by atoms with E-state index in [1.807, 2.05) is 6.92 Å². The van der Waals surface area contributed by atoms with Crippen LogP contribution in [0.4, 0.5) is 5.69 Å². The number of anilines is 1. The van der Waals surface area contributed by atoms with Gasteiger partial charge in [-0.3, -0.25) is 9.59 Å². The first-order chi connectivity index (χ1) is 11.5. The van der Waals surface area contributed by atoms with Crippen LogP contribution < -0.4 is 10.6 Å². The van der Waals surface area contributed by atoms with Crippen LogP contribution in [0.3, 0.4) is 0 Å². The number of hydrogen-bond donors (Lipinski definition) is 2. The van der Waals surface area contributed by atoms with Gasteiger partial charge in [-0.25, -0.2) is 4.98 Å². The van der Waals surface area contributed by atoms with E-state index in [9.17, 15) is 9.59 Å². The molecule has 5 nitrogen and oxygen atoms in total. The van der Waals surface area contributed by atoms with Gasteiger partial charge < -0.3 is 10.6 Å². The SMILES string of the molecule is CCCCNC(=O)c1cccc(C(=O)Nc2ccc(Cl)c(Cl)c2)n1. The summed E-state index contributed by atoms with van der Waals surface area (Å²) in [6, 6.07) is 9.49. The molecule has 0 atom stereocenters. The van der Waals surface area contributed by atoms with Crippen molar-refractivity contribution in [3.8, 4) is 0 Å². The standard InChI is InChI=1S/C17H17Cl2N3O2/c1-2-3-9-20-16(23)14-5-4-6-15(22-14)17(24)21-11-7-8-12(18)13(19)10-11/h4-8,10H,2-3,9H2,1H3,(H,20,23)(H,21,24). The first kappa shape index (κ1) is 18.2. The van der Waals surface area contributed by atoms with Crippen LogP contribution in [0, 0.1) is 0 Å². The average molecular weight is 366 g/mol. The minimum atomic E-state index is -0.434. The minimum Gasteiger partial charge on any atom is -0.351 e. The van der Waals surface area contributed by atoms with Crippen LogP contribution in [0.2, 0.25) is 10.0 Å². The van der Waals surface area contributed by atoms with Crippen molar-refractivity contribution < 1.29 is 9.59 Å². The smallest absolute Gasteiger partial charge is 0.274 e. The largest absolute Gasteiger partial charge is 0.351 e. The van der Waals surface area contributed by atoms with Crippen LogP contribution in [0.15, 0.2) is 36.4 Å². The molecule has 1 aromatic heterocycles. The number of carbonyl (C=O) groups excluding carboxylic acids is 2. The lowest BCUT2D eigenvalue weighted by atomic mass is 10.2. The quantitative estimate of drug-likeness (QED) is 0.754. The lowest BCUT2D eigenvalue weighted by Gasteiger charge is -2.08. The van der Waals surface area contributed by atoms with Crippen LogP contribution in [-0.2, 0) is 0 Å². The number of nitrogens with zero attached hydrogens (tertiary/aromatic N) is 1. The summed E-state index contributed by atoms with van der Waals surface area (Å²) >= 11 is 11.8. The molecule has 1 heterocycles. The predicted octanol–water partition coefficient (Wildman–Crippen LogP) is 4.17. The van der Waals surface area contributed by atoms with Gasteiger partial charge in [0.1, 0.15) is 11.4 Å². The summed E-state index contributed by atoms with van der Waals surface area (Å²) in [5, 5.41) is 6.17. The Morgan fingerprint density at radius 1 is 1.04 bits per heavy atom. The lowest BCUT2D eigenvalue weighted by molar-refractivity contribution is 0.0948. The molecule has 0 unspecified atom stereocenters. The number of amides is 2. The number of benzene rings is 1. The lowest BCUT2D eigenvalue weighted by Crippen LogP contribution is -2.26. The fourth-order valence-corrected chi connectivity index (χ4v) is 2.22. The minimum absolute atomic E-state index is 0.143. The molecule has 1 aromatic carbocycles.